The van der Waals surface area contributed by atoms with E-state index in [-0.39, 0.29) is 26.1 Å². The first-order valence-corrected chi connectivity index (χ1v) is 7.39. The molecule has 1 saturated heterocycles. The van der Waals surface area contributed by atoms with Crippen LogP contribution in [0.5, 0.6) is 0 Å². The van der Waals surface area contributed by atoms with Crippen LogP contribution in [0.2, 0.25) is 0 Å². The molecule has 0 bridgehead atoms. The molecule has 1 N–H and O–H groups in total. The fourth-order valence-electron chi connectivity index (χ4n) is 1.62. The molecule has 0 aromatic heterocycles. The van der Waals surface area contributed by atoms with E-state index in [4.69, 9.17) is 9.47 Å². The van der Waals surface area contributed by atoms with Gasteiger partial charge < -0.3 is 19.5 Å². The van der Waals surface area contributed by atoms with Gasteiger partial charge in [-0.05, 0) is 27.7 Å². The van der Waals surface area contributed by atoms with Gasteiger partial charge in [0.2, 0.25) is 6.29 Å². The van der Waals surface area contributed by atoms with Crippen molar-refractivity contribution >= 4 is 24.1 Å². The highest BCUT2D eigenvalue weighted by atomic mass is 16.8. The van der Waals surface area contributed by atoms with Crippen LogP contribution in [0, 0.1) is 0 Å². The molecule has 1 fully saturated rings. The molecule has 24 heavy (non-hydrogen) atoms. The Morgan fingerprint density at radius 1 is 1.17 bits per heavy atom. The first-order chi connectivity index (χ1) is 11.1. The van der Waals surface area contributed by atoms with Crippen molar-refractivity contribution in [2.75, 3.05) is 13.2 Å². The molecule has 1 aliphatic rings. The van der Waals surface area contributed by atoms with Crippen molar-refractivity contribution in [2.45, 2.75) is 52.4 Å². The summed E-state index contributed by atoms with van der Waals surface area (Å²) in [7, 11) is 0. The maximum atomic E-state index is 11.5. The summed E-state index contributed by atoms with van der Waals surface area (Å²) in [4.78, 5) is 49.8. The molecular formula is C14H22N2O8. The summed E-state index contributed by atoms with van der Waals surface area (Å²) in [6.45, 7) is 6.63. The van der Waals surface area contributed by atoms with Gasteiger partial charge in [-0.2, -0.15) is 0 Å². The number of ether oxygens (including phenoxy) is 3. The Kier molecular flexibility index (Phi) is 6.96. The zero-order valence-electron chi connectivity index (χ0n) is 14.1. The van der Waals surface area contributed by atoms with E-state index in [0.717, 1.165) is 0 Å². The molecule has 1 atom stereocenters. The molecule has 136 valence electrons. The highest BCUT2D eigenvalue weighted by Gasteiger charge is 2.33. The predicted octanol–water partition coefficient (Wildman–Crippen LogP) is 1.09. The van der Waals surface area contributed by atoms with Crippen LogP contribution in [0.3, 0.4) is 0 Å². The van der Waals surface area contributed by atoms with E-state index >= 15 is 0 Å². The number of carbonyl (C=O) groups is 4. The topological polar surface area (TPSA) is 120 Å². The van der Waals surface area contributed by atoms with E-state index in [1.807, 2.05) is 0 Å². The average Bonchev–Trinajstić information content (AvgIpc) is 2.73. The fraction of sp³-hybridized carbons (Fsp3) is 0.714. The molecule has 1 aliphatic heterocycles. The number of alkyl carbamates (subject to hydrolysis) is 1. The second kappa shape index (κ2) is 8.48. The van der Waals surface area contributed by atoms with E-state index in [1.165, 1.54) is 6.92 Å². The van der Waals surface area contributed by atoms with Crippen LogP contribution in [-0.4, -0.2) is 54.2 Å². The first-order valence-electron chi connectivity index (χ1n) is 7.39. The summed E-state index contributed by atoms with van der Waals surface area (Å²) in [5.41, 5.74) is -0.436. The van der Waals surface area contributed by atoms with Gasteiger partial charge in [0.05, 0.1) is 6.61 Å². The van der Waals surface area contributed by atoms with Gasteiger partial charge >= 0.3 is 12.2 Å². The second-order valence-electron chi connectivity index (χ2n) is 5.99. The van der Waals surface area contributed by atoms with Crippen molar-refractivity contribution in [1.82, 2.24) is 10.4 Å². The average molecular weight is 346 g/mol. The smallest absolute Gasteiger partial charge is 0.430 e. The lowest BCUT2D eigenvalue weighted by atomic mass is 10.1. The van der Waals surface area contributed by atoms with Crippen molar-refractivity contribution in [2.24, 2.45) is 0 Å². The Balaban J connectivity index is 2.16. The Morgan fingerprint density at radius 3 is 2.29 bits per heavy atom. The molecule has 0 radical (unpaired) electrons. The molecule has 0 aromatic carbocycles. The lowest BCUT2D eigenvalue weighted by Gasteiger charge is -2.22. The van der Waals surface area contributed by atoms with Gasteiger partial charge in [0.15, 0.2) is 0 Å². The minimum Gasteiger partial charge on any atom is -0.430 e. The van der Waals surface area contributed by atoms with Gasteiger partial charge in [0, 0.05) is 18.4 Å². The molecule has 1 heterocycles. The number of nitrogens with zero attached hydrogens (tertiary/aromatic N) is 1. The molecule has 0 saturated carbocycles. The molecule has 10 heteroatoms. The summed E-state index contributed by atoms with van der Waals surface area (Å²) in [6, 6.07) is 0. The van der Waals surface area contributed by atoms with Crippen LogP contribution < -0.4 is 5.32 Å². The number of nitrogens with one attached hydrogen (secondary N) is 1. The molecule has 1 unspecified atom stereocenters. The third-order valence-corrected chi connectivity index (χ3v) is 2.58. The standard InChI is InChI=1S/C14H22N2O8/c1-9(23-12(19)15-14(2,3)4)21-7-8-22-13(20)24-16-10(17)5-6-11(16)18/h9H,5-8H2,1-4H3,(H,15,19). The Hall–Kier alpha value is -2.36. The highest BCUT2D eigenvalue weighted by molar-refractivity contribution is 6.01. The summed E-state index contributed by atoms with van der Waals surface area (Å²) in [6.07, 6.45) is -2.68. The van der Waals surface area contributed by atoms with E-state index in [0.29, 0.717) is 5.06 Å². The Morgan fingerprint density at radius 2 is 1.75 bits per heavy atom. The number of rotatable bonds is 6. The zero-order valence-corrected chi connectivity index (χ0v) is 14.1. The highest BCUT2D eigenvalue weighted by Crippen LogP contribution is 2.12. The van der Waals surface area contributed by atoms with Crippen LogP contribution in [0.1, 0.15) is 40.5 Å². The second-order valence-corrected chi connectivity index (χ2v) is 5.99. The quantitative estimate of drug-likeness (QED) is 0.328. The third-order valence-electron chi connectivity index (χ3n) is 2.58. The van der Waals surface area contributed by atoms with Crippen molar-refractivity contribution in [3.8, 4) is 0 Å². The molecule has 1 rings (SSSR count). The van der Waals surface area contributed by atoms with Crippen LogP contribution in [0.15, 0.2) is 0 Å². The largest absolute Gasteiger partial charge is 0.534 e. The number of hydroxylamine groups is 2. The van der Waals surface area contributed by atoms with Crippen LogP contribution >= 0.6 is 0 Å². The number of imide groups is 1. The van der Waals surface area contributed by atoms with Gasteiger partial charge in [-0.3, -0.25) is 14.4 Å². The van der Waals surface area contributed by atoms with Gasteiger partial charge in [0.1, 0.15) is 6.61 Å². The van der Waals surface area contributed by atoms with Gasteiger partial charge in [-0.1, -0.05) is 5.06 Å². The molecular weight excluding hydrogens is 324 g/mol. The lowest BCUT2D eigenvalue weighted by molar-refractivity contribution is -0.178. The van der Waals surface area contributed by atoms with E-state index in [2.05, 4.69) is 14.9 Å². The normalized spacial score (nSPS) is 15.9. The third kappa shape index (κ3) is 7.27. The Bertz CT molecular complexity index is 483. The van der Waals surface area contributed by atoms with Crippen LogP contribution in [0.25, 0.3) is 0 Å². The first kappa shape index (κ1) is 19.7. The van der Waals surface area contributed by atoms with E-state index < -0.39 is 35.9 Å². The van der Waals surface area contributed by atoms with Gasteiger partial charge in [-0.25, -0.2) is 9.59 Å². The number of hydrogen-bond donors (Lipinski definition) is 1. The van der Waals surface area contributed by atoms with Crippen molar-refractivity contribution in [1.29, 1.82) is 0 Å². The molecule has 0 spiro atoms. The van der Waals surface area contributed by atoms with Gasteiger partial charge in [-0.15, -0.1) is 0 Å². The van der Waals surface area contributed by atoms with E-state index in [9.17, 15) is 19.2 Å². The summed E-state index contributed by atoms with van der Waals surface area (Å²) in [5.74, 6) is -1.19. The zero-order chi connectivity index (χ0) is 18.3. The van der Waals surface area contributed by atoms with Gasteiger partial charge in [0.25, 0.3) is 11.8 Å². The number of amides is 3. The Labute approximate surface area is 139 Å². The van der Waals surface area contributed by atoms with Crippen molar-refractivity contribution in [3.05, 3.63) is 0 Å². The van der Waals surface area contributed by atoms with E-state index in [1.54, 1.807) is 20.8 Å². The molecule has 10 nitrogen and oxygen atoms in total. The lowest BCUT2D eigenvalue weighted by Crippen LogP contribution is -2.42. The number of hydrogen-bond acceptors (Lipinski definition) is 8. The van der Waals surface area contributed by atoms with Crippen LogP contribution in [0.4, 0.5) is 9.59 Å². The minimum atomic E-state index is -1.19. The fourth-order valence-corrected chi connectivity index (χ4v) is 1.62. The summed E-state index contributed by atoms with van der Waals surface area (Å²) < 4.78 is 14.7. The molecule has 3 amide bonds. The monoisotopic (exact) mass is 346 g/mol. The number of carbonyl (C=O) groups excluding carboxylic acids is 4. The summed E-state index contributed by atoms with van der Waals surface area (Å²) >= 11 is 0. The van der Waals surface area contributed by atoms with Crippen molar-refractivity contribution in [3.63, 3.8) is 0 Å². The predicted molar refractivity (Wildman–Crippen MR) is 78.3 cm³/mol. The molecule has 0 aromatic rings. The van der Waals surface area contributed by atoms with Crippen molar-refractivity contribution < 1.29 is 38.2 Å². The maximum Gasteiger partial charge on any atom is 0.534 e. The minimum absolute atomic E-state index is 0.000702. The molecule has 0 aliphatic carbocycles. The maximum absolute atomic E-state index is 11.5. The van der Waals surface area contributed by atoms with Crippen LogP contribution in [-0.2, 0) is 28.6 Å². The SMILES string of the molecule is CC(OCCOC(=O)ON1C(=O)CCC1=O)OC(=O)NC(C)(C)C. The summed E-state index contributed by atoms with van der Waals surface area (Å²) in [5, 5.41) is 2.97.